The molecule has 1 aliphatic heterocycles. The average molecular weight is 337 g/mol. The number of amides is 1. The van der Waals surface area contributed by atoms with E-state index in [1.165, 1.54) is 12.3 Å². The van der Waals surface area contributed by atoms with Crippen LogP contribution < -0.4 is 5.32 Å². The molecule has 3 rings (SSSR count). The van der Waals surface area contributed by atoms with E-state index in [-0.39, 0.29) is 22.9 Å². The Morgan fingerprint density at radius 2 is 2.30 bits per heavy atom. The largest absolute Gasteiger partial charge is 0.459 e. The summed E-state index contributed by atoms with van der Waals surface area (Å²) in [6.45, 7) is 1.41. The first-order valence-electron chi connectivity index (χ1n) is 7.53. The molecule has 0 aliphatic carbocycles. The Balaban J connectivity index is 1.71. The first kappa shape index (κ1) is 16.0. The van der Waals surface area contributed by atoms with Crippen molar-refractivity contribution in [2.45, 2.75) is 12.5 Å². The van der Waals surface area contributed by atoms with Gasteiger partial charge < -0.3 is 9.73 Å². The van der Waals surface area contributed by atoms with Gasteiger partial charge in [0.2, 0.25) is 0 Å². The number of halogens is 2. The molecular formula is C17H18ClFN2O2. The molecule has 1 saturated heterocycles. The number of carbonyl (C=O) groups is 1. The van der Waals surface area contributed by atoms with Gasteiger partial charge in [-0.25, -0.2) is 4.39 Å². The summed E-state index contributed by atoms with van der Waals surface area (Å²) in [7, 11) is 2.01. The lowest BCUT2D eigenvalue weighted by Gasteiger charge is -2.26. The number of carbonyl (C=O) groups excluding carboxylic acids is 1. The molecule has 2 atom stereocenters. The molecule has 0 saturated carbocycles. The first-order chi connectivity index (χ1) is 11.1. The van der Waals surface area contributed by atoms with Gasteiger partial charge in [-0.05, 0) is 55.8 Å². The van der Waals surface area contributed by atoms with Crippen LogP contribution in [0.15, 0.2) is 41.0 Å². The minimum Gasteiger partial charge on any atom is -0.459 e. The summed E-state index contributed by atoms with van der Waals surface area (Å²) < 4.78 is 18.8. The third-order valence-corrected chi connectivity index (χ3v) is 4.64. The zero-order chi connectivity index (χ0) is 16.4. The Labute approximate surface area is 139 Å². The number of nitrogens with zero attached hydrogens (tertiary/aromatic N) is 1. The van der Waals surface area contributed by atoms with Crippen molar-refractivity contribution >= 4 is 17.5 Å². The molecule has 2 aromatic rings. The van der Waals surface area contributed by atoms with Crippen LogP contribution in [-0.4, -0.2) is 30.9 Å². The average Bonchev–Trinajstić information content (AvgIpc) is 3.18. The summed E-state index contributed by atoms with van der Waals surface area (Å²) >= 11 is 5.76. The zero-order valence-corrected chi connectivity index (χ0v) is 13.5. The van der Waals surface area contributed by atoms with Crippen LogP contribution in [0.1, 0.15) is 28.6 Å². The second-order valence-electron chi connectivity index (χ2n) is 5.84. The molecule has 0 bridgehead atoms. The molecule has 4 nitrogen and oxygen atoms in total. The molecule has 122 valence electrons. The number of likely N-dealkylation sites (tertiary alicyclic amines) is 1. The molecule has 0 radical (unpaired) electrons. The van der Waals surface area contributed by atoms with Gasteiger partial charge in [0.1, 0.15) is 5.82 Å². The first-order valence-corrected chi connectivity index (χ1v) is 7.91. The van der Waals surface area contributed by atoms with Crippen LogP contribution in [0.4, 0.5) is 4.39 Å². The predicted octanol–water partition coefficient (Wildman–Crippen LogP) is 3.49. The minimum absolute atomic E-state index is 0.0543. The number of rotatable bonds is 4. The highest BCUT2D eigenvalue weighted by Gasteiger charge is 2.33. The molecule has 6 heteroatoms. The molecule has 2 heterocycles. The Bertz CT molecular complexity index is 690. The normalized spacial score (nSPS) is 21.5. The fraction of sp³-hybridized carbons (Fsp3) is 0.353. The van der Waals surface area contributed by atoms with E-state index >= 15 is 0 Å². The number of hydrogen-bond acceptors (Lipinski definition) is 3. The van der Waals surface area contributed by atoms with Crippen LogP contribution in [0.3, 0.4) is 0 Å². The summed E-state index contributed by atoms with van der Waals surface area (Å²) in [5.41, 5.74) is 0.879. The van der Waals surface area contributed by atoms with E-state index in [0.717, 1.165) is 18.5 Å². The number of nitrogens with one attached hydrogen (secondary N) is 1. The molecule has 0 spiro atoms. The van der Waals surface area contributed by atoms with Crippen molar-refractivity contribution in [3.63, 3.8) is 0 Å². The fourth-order valence-corrected chi connectivity index (χ4v) is 3.30. The van der Waals surface area contributed by atoms with Crippen molar-refractivity contribution in [3.8, 4) is 0 Å². The van der Waals surface area contributed by atoms with E-state index in [2.05, 4.69) is 10.2 Å². The molecular weight excluding hydrogens is 319 g/mol. The van der Waals surface area contributed by atoms with Crippen LogP contribution in [0.2, 0.25) is 5.02 Å². The summed E-state index contributed by atoms with van der Waals surface area (Å²) in [5.74, 6) is -0.140. The summed E-state index contributed by atoms with van der Waals surface area (Å²) in [6.07, 6.45) is 2.40. The number of benzene rings is 1. The lowest BCUT2D eigenvalue weighted by atomic mass is 9.93. The van der Waals surface area contributed by atoms with Gasteiger partial charge in [-0.3, -0.25) is 9.69 Å². The van der Waals surface area contributed by atoms with E-state index < -0.39 is 5.82 Å². The van der Waals surface area contributed by atoms with Gasteiger partial charge in [0.05, 0.1) is 11.3 Å². The van der Waals surface area contributed by atoms with Crippen molar-refractivity contribution in [3.05, 3.63) is 58.8 Å². The SMILES string of the molecule is CN1CC[C@@H](CNC(=O)c2ccco2)[C@@H]1c1ccc(Cl)c(F)c1. The van der Waals surface area contributed by atoms with E-state index in [9.17, 15) is 9.18 Å². The monoisotopic (exact) mass is 336 g/mol. The smallest absolute Gasteiger partial charge is 0.286 e. The van der Waals surface area contributed by atoms with Crippen molar-refractivity contribution in [2.24, 2.45) is 5.92 Å². The highest BCUT2D eigenvalue weighted by atomic mass is 35.5. The highest BCUT2D eigenvalue weighted by Crippen LogP contribution is 2.36. The lowest BCUT2D eigenvalue weighted by Crippen LogP contribution is -2.32. The van der Waals surface area contributed by atoms with Gasteiger partial charge in [-0.2, -0.15) is 0 Å². The maximum atomic E-state index is 13.8. The molecule has 0 unspecified atom stereocenters. The van der Waals surface area contributed by atoms with Crippen LogP contribution in [-0.2, 0) is 0 Å². The molecule has 1 N–H and O–H groups in total. The topological polar surface area (TPSA) is 45.5 Å². The second kappa shape index (κ2) is 6.72. The summed E-state index contributed by atoms with van der Waals surface area (Å²) in [6, 6.07) is 8.27. The minimum atomic E-state index is -0.414. The Hall–Kier alpha value is -1.85. The van der Waals surface area contributed by atoms with Gasteiger partial charge in [-0.15, -0.1) is 0 Å². The van der Waals surface area contributed by atoms with Gasteiger partial charge in [0.25, 0.3) is 5.91 Å². The van der Waals surface area contributed by atoms with Gasteiger partial charge >= 0.3 is 0 Å². The molecule has 1 aromatic carbocycles. The number of hydrogen-bond donors (Lipinski definition) is 1. The molecule has 1 amide bonds. The Kier molecular flexibility index (Phi) is 4.68. The van der Waals surface area contributed by atoms with Crippen LogP contribution in [0.5, 0.6) is 0 Å². The third-order valence-electron chi connectivity index (χ3n) is 4.33. The van der Waals surface area contributed by atoms with Crippen molar-refractivity contribution in [1.82, 2.24) is 10.2 Å². The maximum absolute atomic E-state index is 13.8. The highest BCUT2D eigenvalue weighted by molar-refractivity contribution is 6.30. The number of furan rings is 1. The Morgan fingerprint density at radius 1 is 1.48 bits per heavy atom. The summed E-state index contributed by atoms with van der Waals surface area (Å²) in [5, 5.41) is 3.02. The van der Waals surface area contributed by atoms with Crippen LogP contribution in [0, 0.1) is 11.7 Å². The van der Waals surface area contributed by atoms with Crippen molar-refractivity contribution in [1.29, 1.82) is 0 Å². The molecule has 23 heavy (non-hydrogen) atoms. The van der Waals surface area contributed by atoms with E-state index in [0.29, 0.717) is 12.3 Å². The Morgan fingerprint density at radius 3 is 3.00 bits per heavy atom. The van der Waals surface area contributed by atoms with E-state index in [4.69, 9.17) is 16.0 Å². The fourth-order valence-electron chi connectivity index (χ4n) is 3.18. The quantitative estimate of drug-likeness (QED) is 0.929. The predicted molar refractivity (Wildman–Crippen MR) is 85.9 cm³/mol. The lowest BCUT2D eigenvalue weighted by molar-refractivity contribution is 0.0916. The van der Waals surface area contributed by atoms with E-state index in [1.807, 2.05) is 13.1 Å². The van der Waals surface area contributed by atoms with Crippen LogP contribution >= 0.6 is 11.6 Å². The maximum Gasteiger partial charge on any atom is 0.286 e. The third kappa shape index (κ3) is 3.41. The van der Waals surface area contributed by atoms with Crippen LogP contribution in [0.25, 0.3) is 0 Å². The molecule has 1 aliphatic rings. The van der Waals surface area contributed by atoms with Gasteiger partial charge in [0, 0.05) is 12.6 Å². The van der Waals surface area contributed by atoms with Crippen molar-refractivity contribution < 1.29 is 13.6 Å². The standard InChI is InChI=1S/C17H18ClFN2O2/c1-21-7-6-12(10-20-17(22)15-3-2-8-23-15)16(21)11-4-5-13(18)14(19)9-11/h2-5,8-9,12,16H,6-7,10H2,1H3,(H,20,22)/t12-,16-/m0/s1. The molecule has 1 aromatic heterocycles. The van der Waals surface area contributed by atoms with Crippen molar-refractivity contribution in [2.75, 3.05) is 20.1 Å². The second-order valence-corrected chi connectivity index (χ2v) is 6.24. The zero-order valence-electron chi connectivity index (χ0n) is 12.8. The van der Waals surface area contributed by atoms with Gasteiger partial charge in [0.15, 0.2) is 5.76 Å². The van der Waals surface area contributed by atoms with Gasteiger partial charge in [-0.1, -0.05) is 17.7 Å². The summed E-state index contributed by atoms with van der Waals surface area (Å²) in [4.78, 5) is 14.2. The molecule has 1 fully saturated rings. The van der Waals surface area contributed by atoms with E-state index in [1.54, 1.807) is 18.2 Å².